The van der Waals surface area contributed by atoms with E-state index in [9.17, 15) is 10.1 Å². The summed E-state index contributed by atoms with van der Waals surface area (Å²) in [7, 11) is 1.48. The standard InChI is InChI=1S/C13H17NO4S/c1-17-12-7-10(14(15)16)3-4-11(12)18-8-13(9-19)5-2-6-13/h3-4,7,19H,2,5-6,8-9H2,1H3. The molecule has 6 heteroatoms. The maximum absolute atomic E-state index is 10.7. The van der Waals surface area contributed by atoms with Gasteiger partial charge in [-0.1, -0.05) is 6.42 Å². The van der Waals surface area contributed by atoms with Crippen LogP contribution in [0.5, 0.6) is 11.5 Å². The number of ether oxygens (including phenoxy) is 2. The fraction of sp³-hybridized carbons (Fsp3) is 0.538. The summed E-state index contributed by atoms with van der Waals surface area (Å²) in [5.41, 5.74) is 0.146. The minimum Gasteiger partial charge on any atom is -0.493 e. The predicted octanol–water partition coefficient (Wildman–Crippen LogP) is 3.08. The third-order valence-electron chi connectivity index (χ3n) is 3.64. The molecule has 0 saturated heterocycles. The minimum absolute atomic E-state index is 0.00301. The van der Waals surface area contributed by atoms with Gasteiger partial charge >= 0.3 is 0 Å². The van der Waals surface area contributed by atoms with Gasteiger partial charge in [0.15, 0.2) is 11.5 Å². The lowest BCUT2D eigenvalue weighted by molar-refractivity contribution is -0.385. The lowest BCUT2D eigenvalue weighted by Gasteiger charge is -2.40. The highest BCUT2D eigenvalue weighted by Crippen LogP contribution is 2.43. The number of thiol groups is 1. The van der Waals surface area contributed by atoms with Crippen LogP contribution in [0.25, 0.3) is 0 Å². The van der Waals surface area contributed by atoms with Crippen molar-refractivity contribution in [1.29, 1.82) is 0 Å². The molecule has 1 aliphatic carbocycles. The maximum atomic E-state index is 10.7. The van der Waals surface area contributed by atoms with Gasteiger partial charge in [-0.05, 0) is 24.7 Å². The van der Waals surface area contributed by atoms with Gasteiger partial charge in [0.05, 0.1) is 24.7 Å². The molecule has 0 unspecified atom stereocenters. The second-order valence-electron chi connectivity index (χ2n) is 4.89. The fourth-order valence-corrected chi connectivity index (χ4v) is 2.55. The van der Waals surface area contributed by atoms with Crippen molar-refractivity contribution >= 4 is 18.3 Å². The summed E-state index contributed by atoms with van der Waals surface area (Å²) in [4.78, 5) is 10.2. The second-order valence-corrected chi connectivity index (χ2v) is 5.21. The molecule has 0 bridgehead atoms. The molecule has 0 heterocycles. The normalized spacial score (nSPS) is 16.5. The summed E-state index contributed by atoms with van der Waals surface area (Å²) < 4.78 is 10.9. The fourth-order valence-electron chi connectivity index (χ4n) is 2.14. The van der Waals surface area contributed by atoms with Gasteiger partial charge in [0, 0.05) is 11.5 Å². The molecule has 2 rings (SSSR count). The molecule has 1 fully saturated rings. The van der Waals surface area contributed by atoms with Crippen molar-refractivity contribution in [3.8, 4) is 11.5 Å². The Balaban J connectivity index is 2.09. The molecule has 104 valence electrons. The molecule has 5 nitrogen and oxygen atoms in total. The first-order valence-corrected chi connectivity index (χ1v) is 6.79. The van der Waals surface area contributed by atoms with E-state index in [0.29, 0.717) is 18.1 Å². The van der Waals surface area contributed by atoms with E-state index < -0.39 is 4.92 Å². The van der Waals surface area contributed by atoms with Gasteiger partial charge in [-0.15, -0.1) is 0 Å². The average molecular weight is 283 g/mol. The van der Waals surface area contributed by atoms with Crippen LogP contribution in [0, 0.1) is 15.5 Å². The van der Waals surface area contributed by atoms with Gasteiger partial charge in [-0.25, -0.2) is 0 Å². The topological polar surface area (TPSA) is 61.6 Å². The summed E-state index contributed by atoms with van der Waals surface area (Å²) in [5.74, 6) is 1.73. The van der Waals surface area contributed by atoms with Gasteiger partial charge in [-0.2, -0.15) is 12.6 Å². The molecule has 0 aliphatic heterocycles. The Morgan fingerprint density at radius 3 is 2.63 bits per heavy atom. The Hall–Kier alpha value is -1.43. The SMILES string of the molecule is COc1cc([N+](=O)[O-])ccc1OCC1(CS)CCC1. The Morgan fingerprint density at radius 2 is 2.16 bits per heavy atom. The number of non-ortho nitro benzene ring substituents is 1. The molecule has 0 atom stereocenters. The van der Waals surface area contributed by atoms with Crippen LogP contribution in [0.4, 0.5) is 5.69 Å². The number of rotatable bonds is 6. The summed E-state index contributed by atoms with van der Waals surface area (Å²) in [6.07, 6.45) is 3.44. The van der Waals surface area contributed by atoms with E-state index in [4.69, 9.17) is 9.47 Å². The molecule has 1 aromatic carbocycles. The van der Waals surface area contributed by atoms with Crippen LogP contribution in [-0.2, 0) is 0 Å². The molecule has 19 heavy (non-hydrogen) atoms. The van der Waals surface area contributed by atoms with Crippen molar-refractivity contribution < 1.29 is 14.4 Å². The number of benzene rings is 1. The average Bonchev–Trinajstić information content (AvgIpc) is 2.37. The van der Waals surface area contributed by atoms with E-state index in [2.05, 4.69) is 12.6 Å². The van der Waals surface area contributed by atoms with Crippen molar-refractivity contribution in [3.05, 3.63) is 28.3 Å². The van der Waals surface area contributed by atoms with E-state index in [-0.39, 0.29) is 11.1 Å². The summed E-state index contributed by atoms with van der Waals surface area (Å²) in [6.45, 7) is 0.574. The Kier molecular flexibility index (Phi) is 4.19. The minimum atomic E-state index is -0.451. The zero-order chi connectivity index (χ0) is 13.9. The molecule has 1 saturated carbocycles. The number of nitro groups is 1. The van der Waals surface area contributed by atoms with Crippen LogP contribution in [0.15, 0.2) is 18.2 Å². The number of hydrogen-bond donors (Lipinski definition) is 1. The number of nitrogens with zero attached hydrogens (tertiary/aromatic N) is 1. The number of methoxy groups -OCH3 is 1. The van der Waals surface area contributed by atoms with Crippen molar-refractivity contribution in [2.75, 3.05) is 19.5 Å². The Morgan fingerprint density at radius 1 is 1.42 bits per heavy atom. The molecule has 0 N–H and O–H groups in total. The second kappa shape index (κ2) is 5.69. The number of hydrogen-bond acceptors (Lipinski definition) is 5. The molecule has 0 spiro atoms. The zero-order valence-electron chi connectivity index (χ0n) is 10.8. The highest BCUT2D eigenvalue weighted by atomic mass is 32.1. The van der Waals surface area contributed by atoms with E-state index in [1.54, 1.807) is 6.07 Å². The highest BCUT2D eigenvalue weighted by molar-refractivity contribution is 7.80. The predicted molar refractivity (Wildman–Crippen MR) is 75.3 cm³/mol. The van der Waals surface area contributed by atoms with Gasteiger partial charge in [0.2, 0.25) is 0 Å². The first-order valence-electron chi connectivity index (χ1n) is 6.16. The lowest BCUT2D eigenvalue weighted by atomic mass is 9.71. The summed E-state index contributed by atoms with van der Waals surface area (Å²) in [5, 5.41) is 10.7. The zero-order valence-corrected chi connectivity index (χ0v) is 11.7. The van der Waals surface area contributed by atoms with Gasteiger partial charge < -0.3 is 9.47 Å². The van der Waals surface area contributed by atoms with Crippen LogP contribution in [0.1, 0.15) is 19.3 Å². The first-order chi connectivity index (χ1) is 9.10. The quantitative estimate of drug-likeness (QED) is 0.495. The molecule has 1 aromatic rings. The van der Waals surface area contributed by atoms with Crippen molar-refractivity contribution in [3.63, 3.8) is 0 Å². The molecule has 0 radical (unpaired) electrons. The molecular formula is C13H17NO4S. The molecule has 0 aromatic heterocycles. The largest absolute Gasteiger partial charge is 0.493 e. The van der Waals surface area contributed by atoms with Crippen molar-refractivity contribution in [2.24, 2.45) is 5.41 Å². The Bertz CT molecular complexity index is 468. The van der Waals surface area contributed by atoms with E-state index in [1.807, 2.05) is 0 Å². The Labute approximate surface area is 117 Å². The summed E-state index contributed by atoms with van der Waals surface area (Å²) in [6, 6.07) is 4.39. The lowest BCUT2D eigenvalue weighted by Crippen LogP contribution is -2.37. The monoisotopic (exact) mass is 283 g/mol. The third kappa shape index (κ3) is 2.94. The van der Waals surface area contributed by atoms with Crippen LogP contribution < -0.4 is 9.47 Å². The molecular weight excluding hydrogens is 266 g/mol. The smallest absolute Gasteiger partial charge is 0.273 e. The van der Waals surface area contributed by atoms with Gasteiger partial charge in [0.1, 0.15) is 0 Å². The molecule has 1 aliphatic rings. The maximum Gasteiger partial charge on any atom is 0.273 e. The third-order valence-corrected chi connectivity index (χ3v) is 4.31. The van der Waals surface area contributed by atoms with Gasteiger partial charge in [-0.3, -0.25) is 10.1 Å². The van der Waals surface area contributed by atoms with Crippen LogP contribution >= 0.6 is 12.6 Å². The van der Waals surface area contributed by atoms with Gasteiger partial charge in [0.25, 0.3) is 5.69 Å². The summed E-state index contributed by atoms with van der Waals surface area (Å²) >= 11 is 4.37. The van der Waals surface area contributed by atoms with Crippen LogP contribution in [0.3, 0.4) is 0 Å². The van der Waals surface area contributed by atoms with Crippen LogP contribution in [-0.4, -0.2) is 24.4 Å². The number of nitro benzene ring substituents is 1. The van der Waals surface area contributed by atoms with Crippen LogP contribution in [0.2, 0.25) is 0 Å². The van der Waals surface area contributed by atoms with E-state index in [0.717, 1.165) is 18.6 Å². The van der Waals surface area contributed by atoms with Crippen molar-refractivity contribution in [2.45, 2.75) is 19.3 Å². The van der Waals surface area contributed by atoms with E-state index >= 15 is 0 Å². The van der Waals surface area contributed by atoms with Crippen molar-refractivity contribution in [1.82, 2.24) is 0 Å². The molecule has 0 amide bonds. The van der Waals surface area contributed by atoms with E-state index in [1.165, 1.54) is 25.7 Å². The highest BCUT2D eigenvalue weighted by Gasteiger charge is 2.36. The first kappa shape index (κ1) is 14.0.